The first-order chi connectivity index (χ1) is 7.78. The largest absolute Gasteiger partial charge is 0.495 e. The molecule has 1 N–H and O–H groups in total. The summed E-state index contributed by atoms with van der Waals surface area (Å²) in [5.74, 6) is 0.111. The molecule has 0 atom stereocenters. The summed E-state index contributed by atoms with van der Waals surface area (Å²) in [5, 5.41) is 9.78. The van der Waals surface area contributed by atoms with Crippen molar-refractivity contribution in [3.05, 3.63) is 28.3 Å². The Balaban J connectivity index is 2.59. The highest BCUT2D eigenvalue weighted by molar-refractivity contribution is 6.32. The molecule has 0 spiro atoms. The van der Waals surface area contributed by atoms with Crippen molar-refractivity contribution in [1.29, 1.82) is 0 Å². The highest BCUT2D eigenvalue weighted by Gasteiger charge is 2.46. The van der Waals surface area contributed by atoms with Gasteiger partial charge in [0.1, 0.15) is 5.75 Å². The molecule has 0 amide bonds. The fourth-order valence-corrected chi connectivity index (χ4v) is 1.99. The summed E-state index contributed by atoms with van der Waals surface area (Å²) in [4.78, 5) is 0. The van der Waals surface area contributed by atoms with Crippen molar-refractivity contribution in [3.8, 4) is 5.75 Å². The molecule has 1 aromatic carbocycles. The van der Waals surface area contributed by atoms with Crippen LogP contribution in [0.2, 0.25) is 5.02 Å². The van der Waals surface area contributed by atoms with Crippen LogP contribution in [0.4, 0.5) is 13.2 Å². The van der Waals surface area contributed by atoms with Crippen LogP contribution in [0.15, 0.2) is 12.1 Å². The van der Waals surface area contributed by atoms with E-state index in [9.17, 15) is 18.3 Å². The van der Waals surface area contributed by atoms with E-state index >= 15 is 0 Å². The van der Waals surface area contributed by atoms with Crippen LogP contribution in [0.1, 0.15) is 24.0 Å². The number of benzene rings is 1. The maximum absolute atomic E-state index is 12.6. The summed E-state index contributed by atoms with van der Waals surface area (Å²) in [6, 6.07) is 1.70. The quantitative estimate of drug-likeness (QED) is 0.889. The summed E-state index contributed by atoms with van der Waals surface area (Å²) in [6.45, 7) is 0. The van der Waals surface area contributed by atoms with Gasteiger partial charge >= 0.3 is 6.18 Å². The molecule has 1 aromatic rings. The molecular weight excluding hydrogens is 257 g/mol. The van der Waals surface area contributed by atoms with Crippen molar-refractivity contribution in [1.82, 2.24) is 0 Å². The maximum atomic E-state index is 12.6. The van der Waals surface area contributed by atoms with Gasteiger partial charge in [-0.2, -0.15) is 13.2 Å². The van der Waals surface area contributed by atoms with Crippen LogP contribution in [-0.4, -0.2) is 12.2 Å². The molecule has 0 saturated heterocycles. The van der Waals surface area contributed by atoms with Crippen molar-refractivity contribution in [2.75, 3.05) is 7.11 Å². The third-order valence-corrected chi connectivity index (χ3v) is 3.08. The number of aliphatic hydroxyl groups is 1. The van der Waals surface area contributed by atoms with E-state index < -0.39 is 17.3 Å². The number of halogens is 4. The fraction of sp³-hybridized carbons (Fsp3) is 0.455. The van der Waals surface area contributed by atoms with E-state index in [2.05, 4.69) is 0 Å². The van der Waals surface area contributed by atoms with Gasteiger partial charge in [0.05, 0.1) is 23.3 Å². The molecule has 2 nitrogen and oxygen atoms in total. The Morgan fingerprint density at radius 3 is 2.35 bits per heavy atom. The minimum atomic E-state index is -4.49. The second kappa shape index (κ2) is 3.78. The summed E-state index contributed by atoms with van der Waals surface area (Å²) in [5.41, 5.74) is -1.99. The molecule has 0 heterocycles. The molecule has 1 aliphatic carbocycles. The molecule has 1 fully saturated rings. The molecule has 94 valence electrons. The zero-order valence-electron chi connectivity index (χ0n) is 8.94. The molecule has 0 unspecified atom stereocenters. The van der Waals surface area contributed by atoms with Crippen molar-refractivity contribution in [2.45, 2.75) is 24.6 Å². The molecular formula is C11H10ClF3O2. The molecule has 0 aliphatic heterocycles. The van der Waals surface area contributed by atoms with Crippen molar-refractivity contribution in [3.63, 3.8) is 0 Å². The van der Waals surface area contributed by atoms with Crippen molar-refractivity contribution >= 4 is 11.6 Å². The average Bonchev–Trinajstić information content (AvgIpc) is 2.95. The van der Waals surface area contributed by atoms with Crippen molar-refractivity contribution < 1.29 is 23.0 Å². The molecule has 1 aliphatic rings. The first-order valence-electron chi connectivity index (χ1n) is 4.95. The Morgan fingerprint density at radius 1 is 1.35 bits per heavy atom. The maximum Gasteiger partial charge on any atom is 0.416 e. The van der Waals surface area contributed by atoms with Crippen LogP contribution in [0.3, 0.4) is 0 Å². The van der Waals surface area contributed by atoms with Crippen LogP contribution in [0, 0.1) is 0 Å². The van der Waals surface area contributed by atoms with Gasteiger partial charge in [-0.25, -0.2) is 0 Å². The lowest BCUT2D eigenvalue weighted by molar-refractivity contribution is -0.137. The van der Waals surface area contributed by atoms with Gasteiger partial charge in [0.15, 0.2) is 0 Å². The van der Waals surface area contributed by atoms with E-state index in [1.165, 1.54) is 7.11 Å². The van der Waals surface area contributed by atoms with Crippen LogP contribution in [-0.2, 0) is 11.8 Å². The zero-order valence-corrected chi connectivity index (χ0v) is 9.69. The van der Waals surface area contributed by atoms with E-state index in [1.54, 1.807) is 0 Å². The van der Waals surface area contributed by atoms with Crippen molar-refractivity contribution in [2.24, 2.45) is 0 Å². The Bertz CT molecular complexity index is 453. The first kappa shape index (κ1) is 12.5. The highest BCUT2D eigenvalue weighted by atomic mass is 35.5. The predicted octanol–water partition coefficient (Wildman–Crippen LogP) is 3.35. The lowest BCUT2D eigenvalue weighted by Gasteiger charge is -2.17. The standard InChI is InChI=1S/C11H10ClF3O2/c1-17-9-7(10(16)2-3-10)4-6(5-8(9)12)11(13,14)15/h4-5,16H,2-3H2,1H3. The third-order valence-electron chi connectivity index (χ3n) is 2.80. The molecule has 1 saturated carbocycles. The van der Waals surface area contributed by atoms with E-state index in [1.807, 2.05) is 0 Å². The predicted molar refractivity (Wildman–Crippen MR) is 56.1 cm³/mol. The molecule has 17 heavy (non-hydrogen) atoms. The molecule has 6 heteroatoms. The van der Waals surface area contributed by atoms with E-state index in [0.717, 1.165) is 12.1 Å². The lowest BCUT2D eigenvalue weighted by atomic mass is 10.0. The third kappa shape index (κ3) is 2.21. The minimum Gasteiger partial charge on any atom is -0.495 e. The van der Waals surface area contributed by atoms with Crippen LogP contribution < -0.4 is 4.74 Å². The SMILES string of the molecule is COc1c(Cl)cc(C(F)(F)F)cc1C1(O)CC1. The number of hydrogen-bond acceptors (Lipinski definition) is 2. The van der Waals surface area contributed by atoms with Gasteiger partial charge in [-0.05, 0) is 25.0 Å². The van der Waals surface area contributed by atoms with E-state index in [0.29, 0.717) is 12.8 Å². The van der Waals surface area contributed by atoms with Gasteiger partial charge < -0.3 is 9.84 Å². The summed E-state index contributed by atoms with van der Waals surface area (Å²) >= 11 is 5.74. The number of alkyl halides is 3. The fourth-order valence-electron chi connectivity index (χ4n) is 1.70. The highest BCUT2D eigenvalue weighted by Crippen LogP contribution is 2.51. The summed E-state index contributed by atoms with van der Waals surface area (Å²) in [7, 11) is 1.31. The first-order valence-corrected chi connectivity index (χ1v) is 5.33. The van der Waals surface area contributed by atoms with Gasteiger partial charge in [-0.15, -0.1) is 0 Å². The van der Waals surface area contributed by atoms with Gasteiger partial charge in [0.2, 0.25) is 0 Å². The van der Waals surface area contributed by atoms with Gasteiger partial charge in [-0.3, -0.25) is 0 Å². The van der Waals surface area contributed by atoms with Crippen LogP contribution in [0.5, 0.6) is 5.75 Å². The average molecular weight is 267 g/mol. The molecule has 0 bridgehead atoms. The minimum absolute atomic E-state index is 0.111. The number of rotatable bonds is 2. The second-order valence-electron chi connectivity index (χ2n) is 4.07. The number of methoxy groups -OCH3 is 1. The smallest absolute Gasteiger partial charge is 0.416 e. The van der Waals surface area contributed by atoms with Gasteiger partial charge in [0, 0.05) is 5.56 Å². The monoisotopic (exact) mass is 266 g/mol. The van der Waals surface area contributed by atoms with Gasteiger partial charge in [-0.1, -0.05) is 11.6 Å². The van der Waals surface area contributed by atoms with E-state index in [4.69, 9.17) is 16.3 Å². The molecule has 2 rings (SSSR count). The molecule has 0 aromatic heterocycles. The summed E-state index contributed by atoms with van der Waals surface area (Å²) in [6.07, 6.45) is -3.65. The molecule has 0 radical (unpaired) electrons. The lowest BCUT2D eigenvalue weighted by Crippen LogP contribution is -2.12. The van der Waals surface area contributed by atoms with E-state index in [-0.39, 0.29) is 16.3 Å². The Hall–Kier alpha value is -0.940. The van der Waals surface area contributed by atoms with Crippen LogP contribution >= 0.6 is 11.6 Å². The topological polar surface area (TPSA) is 29.5 Å². The zero-order chi connectivity index (χ0) is 12.8. The normalized spacial score (nSPS) is 18.0. The Kier molecular flexibility index (Phi) is 2.78. The van der Waals surface area contributed by atoms with Gasteiger partial charge in [0.25, 0.3) is 0 Å². The Morgan fingerprint density at radius 2 is 1.94 bits per heavy atom. The van der Waals surface area contributed by atoms with Crippen LogP contribution in [0.25, 0.3) is 0 Å². The number of ether oxygens (including phenoxy) is 1. The number of hydrogen-bond donors (Lipinski definition) is 1. The Labute approximate surface area is 101 Å². The summed E-state index contributed by atoms with van der Waals surface area (Å²) < 4.78 is 42.8. The second-order valence-corrected chi connectivity index (χ2v) is 4.48.